The summed E-state index contributed by atoms with van der Waals surface area (Å²) in [5.41, 5.74) is 10.5. The van der Waals surface area contributed by atoms with Gasteiger partial charge in [0.05, 0.1) is 33.9 Å². The molecule has 11 heteroatoms. The molecule has 3 aromatic heterocycles. The number of benzene rings is 1. The van der Waals surface area contributed by atoms with Gasteiger partial charge in [0.1, 0.15) is 0 Å². The molecule has 0 spiro atoms. The summed E-state index contributed by atoms with van der Waals surface area (Å²) >= 11 is 0. The smallest absolute Gasteiger partial charge is 0.269 e. The molecule has 0 saturated heterocycles. The highest BCUT2D eigenvalue weighted by Gasteiger charge is 2.30. The van der Waals surface area contributed by atoms with Crippen LogP contribution in [0, 0.1) is 0 Å². The number of aromatic nitrogens is 5. The van der Waals surface area contributed by atoms with Crippen LogP contribution in [0.15, 0.2) is 59.9 Å². The molecule has 1 aliphatic rings. The molecule has 4 aromatic rings. The lowest BCUT2D eigenvalue weighted by Crippen LogP contribution is -2.16. The molecular formula is C20H17N7O3S. The minimum Gasteiger partial charge on any atom is -0.364 e. The molecule has 0 radical (unpaired) electrons. The van der Waals surface area contributed by atoms with Gasteiger partial charge in [0.2, 0.25) is 10.0 Å². The molecule has 1 amide bonds. The predicted octanol–water partition coefficient (Wildman–Crippen LogP) is 0.965. The maximum Gasteiger partial charge on any atom is 0.269 e. The van der Waals surface area contributed by atoms with Crippen molar-refractivity contribution in [1.82, 2.24) is 24.5 Å². The SMILES string of the molecule is NC(=O)c1nn(-c2ccc(S(N)(=O)=O)cc2)c2c1CCc1c-2cnn1-c1ccncc1. The number of primary amides is 1. The van der Waals surface area contributed by atoms with Crippen molar-refractivity contribution in [3.63, 3.8) is 0 Å². The predicted molar refractivity (Wildman–Crippen MR) is 111 cm³/mol. The van der Waals surface area contributed by atoms with Crippen molar-refractivity contribution >= 4 is 15.9 Å². The topological polar surface area (TPSA) is 152 Å². The Morgan fingerprint density at radius 3 is 2.29 bits per heavy atom. The van der Waals surface area contributed by atoms with Crippen molar-refractivity contribution in [2.24, 2.45) is 10.9 Å². The van der Waals surface area contributed by atoms with Crippen LogP contribution in [0.2, 0.25) is 0 Å². The first-order valence-electron chi connectivity index (χ1n) is 9.37. The van der Waals surface area contributed by atoms with Crippen LogP contribution in [0.1, 0.15) is 21.7 Å². The van der Waals surface area contributed by atoms with E-state index in [9.17, 15) is 13.2 Å². The Morgan fingerprint density at radius 1 is 0.968 bits per heavy atom. The zero-order chi connectivity index (χ0) is 21.8. The summed E-state index contributed by atoms with van der Waals surface area (Å²) in [6.07, 6.45) is 6.34. The van der Waals surface area contributed by atoms with Gasteiger partial charge in [0.15, 0.2) is 5.69 Å². The van der Waals surface area contributed by atoms with Crippen LogP contribution >= 0.6 is 0 Å². The molecule has 4 N–H and O–H groups in total. The fourth-order valence-electron chi connectivity index (χ4n) is 3.89. The van der Waals surface area contributed by atoms with Crippen LogP contribution in [0.4, 0.5) is 0 Å². The second kappa shape index (κ2) is 6.86. The lowest BCUT2D eigenvalue weighted by Gasteiger charge is -2.17. The third kappa shape index (κ3) is 3.10. The lowest BCUT2D eigenvalue weighted by molar-refractivity contribution is 0.0994. The van der Waals surface area contributed by atoms with Gasteiger partial charge in [-0.15, -0.1) is 0 Å². The number of hydrogen-bond acceptors (Lipinski definition) is 6. The number of amides is 1. The number of fused-ring (bicyclic) bond motifs is 3. The van der Waals surface area contributed by atoms with Crippen molar-refractivity contribution in [1.29, 1.82) is 0 Å². The standard InChI is InChI=1S/C20H17N7O3S/c21-20(28)18-15-5-6-17-16(11-24-26(17)13-7-9-23-10-8-13)19(15)27(25-18)12-1-3-14(4-2-12)31(22,29)30/h1-4,7-11H,5-6H2,(H2,21,28)(H2,22,29,30). The Hall–Kier alpha value is -3.83. The van der Waals surface area contributed by atoms with Gasteiger partial charge in [-0.3, -0.25) is 9.78 Å². The summed E-state index contributed by atoms with van der Waals surface area (Å²) < 4.78 is 26.6. The van der Waals surface area contributed by atoms with E-state index in [1.54, 1.807) is 35.4 Å². The first-order valence-corrected chi connectivity index (χ1v) is 10.9. The summed E-state index contributed by atoms with van der Waals surface area (Å²) in [4.78, 5) is 16.1. The third-order valence-corrected chi connectivity index (χ3v) is 6.20. The van der Waals surface area contributed by atoms with E-state index in [1.165, 1.54) is 12.1 Å². The molecule has 0 atom stereocenters. The number of carbonyl (C=O) groups is 1. The average Bonchev–Trinajstić information content (AvgIpc) is 3.35. The van der Waals surface area contributed by atoms with Crippen LogP contribution in [-0.2, 0) is 22.9 Å². The number of rotatable bonds is 4. The average molecular weight is 435 g/mol. The summed E-state index contributed by atoms with van der Waals surface area (Å²) in [5, 5.41) is 14.2. The fraction of sp³-hybridized carbons (Fsp3) is 0.100. The van der Waals surface area contributed by atoms with Crippen LogP contribution in [0.25, 0.3) is 22.6 Å². The summed E-state index contributed by atoms with van der Waals surface area (Å²) in [7, 11) is -3.83. The molecule has 3 heterocycles. The molecule has 0 bridgehead atoms. The van der Waals surface area contributed by atoms with E-state index in [0.29, 0.717) is 24.2 Å². The van der Waals surface area contributed by atoms with Gasteiger partial charge in [-0.25, -0.2) is 22.9 Å². The monoisotopic (exact) mass is 435 g/mol. The molecule has 0 fully saturated rings. The second-order valence-corrected chi connectivity index (χ2v) is 8.67. The van der Waals surface area contributed by atoms with Crippen LogP contribution in [0.3, 0.4) is 0 Å². The highest BCUT2D eigenvalue weighted by molar-refractivity contribution is 7.89. The lowest BCUT2D eigenvalue weighted by atomic mass is 9.93. The maximum atomic E-state index is 12.1. The number of hydrogen-bond donors (Lipinski definition) is 2. The third-order valence-electron chi connectivity index (χ3n) is 5.27. The van der Waals surface area contributed by atoms with Crippen molar-refractivity contribution in [3.8, 4) is 22.6 Å². The van der Waals surface area contributed by atoms with Gasteiger partial charge < -0.3 is 5.73 Å². The maximum absolute atomic E-state index is 12.1. The molecule has 1 aromatic carbocycles. The highest BCUT2D eigenvalue weighted by atomic mass is 32.2. The number of primary sulfonamides is 1. The summed E-state index contributed by atoms with van der Waals surface area (Å²) in [5.74, 6) is -0.624. The molecule has 0 aliphatic heterocycles. The minimum absolute atomic E-state index is 0.0152. The molecule has 156 valence electrons. The van der Waals surface area contributed by atoms with Crippen LogP contribution in [-0.4, -0.2) is 38.9 Å². The molecule has 1 aliphatic carbocycles. The highest BCUT2D eigenvalue weighted by Crippen LogP contribution is 2.37. The second-order valence-electron chi connectivity index (χ2n) is 7.11. The van der Waals surface area contributed by atoms with Crippen LogP contribution < -0.4 is 10.9 Å². The number of sulfonamides is 1. The molecule has 5 rings (SSSR count). The minimum atomic E-state index is -3.83. The summed E-state index contributed by atoms with van der Waals surface area (Å²) in [6, 6.07) is 9.68. The largest absolute Gasteiger partial charge is 0.364 e. The zero-order valence-electron chi connectivity index (χ0n) is 16.1. The van der Waals surface area contributed by atoms with Gasteiger partial charge in [0.25, 0.3) is 5.91 Å². The quantitative estimate of drug-likeness (QED) is 0.487. The van der Waals surface area contributed by atoms with E-state index in [0.717, 1.165) is 22.5 Å². The molecular weight excluding hydrogens is 418 g/mol. The van der Waals surface area contributed by atoms with E-state index in [4.69, 9.17) is 10.9 Å². The summed E-state index contributed by atoms with van der Waals surface area (Å²) in [6.45, 7) is 0. The Bertz CT molecular complexity index is 1420. The van der Waals surface area contributed by atoms with Crippen molar-refractivity contribution < 1.29 is 13.2 Å². The van der Waals surface area contributed by atoms with E-state index < -0.39 is 15.9 Å². The van der Waals surface area contributed by atoms with Crippen LogP contribution in [0.5, 0.6) is 0 Å². The van der Waals surface area contributed by atoms with Gasteiger partial charge in [0, 0.05) is 23.5 Å². The number of carbonyl (C=O) groups excluding carboxylic acids is 1. The molecule has 0 unspecified atom stereocenters. The Balaban J connectivity index is 1.70. The van der Waals surface area contributed by atoms with Gasteiger partial charge in [-0.2, -0.15) is 10.2 Å². The Labute approximate surface area is 177 Å². The number of nitrogens with two attached hydrogens (primary N) is 2. The van der Waals surface area contributed by atoms with E-state index >= 15 is 0 Å². The molecule has 31 heavy (non-hydrogen) atoms. The molecule has 10 nitrogen and oxygen atoms in total. The Kier molecular flexibility index (Phi) is 4.24. The van der Waals surface area contributed by atoms with E-state index in [-0.39, 0.29) is 10.6 Å². The number of pyridine rings is 1. The van der Waals surface area contributed by atoms with E-state index in [1.807, 2.05) is 16.8 Å². The van der Waals surface area contributed by atoms with Crippen molar-refractivity contribution in [3.05, 3.63) is 71.9 Å². The normalized spacial score (nSPS) is 12.9. The zero-order valence-corrected chi connectivity index (χ0v) is 17.0. The van der Waals surface area contributed by atoms with E-state index in [2.05, 4.69) is 15.2 Å². The molecule has 0 saturated carbocycles. The Morgan fingerprint density at radius 2 is 1.65 bits per heavy atom. The number of nitrogens with zero attached hydrogens (tertiary/aromatic N) is 5. The van der Waals surface area contributed by atoms with Crippen molar-refractivity contribution in [2.45, 2.75) is 17.7 Å². The first-order chi connectivity index (χ1) is 14.8. The van der Waals surface area contributed by atoms with Gasteiger partial charge in [-0.05, 0) is 49.2 Å². The fourth-order valence-corrected chi connectivity index (χ4v) is 4.40. The van der Waals surface area contributed by atoms with Gasteiger partial charge in [-0.1, -0.05) is 0 Å². The van der Waals surface area contributed by atoms with Gasteiger partial charge >= 0.3 is 0 Å². The van der Waals surface area contributed by atoms with Crippen molar-refractivity contribution in [2.75, 3.05) is 0 Å². The first kappa shape index (κ1) is 19.2.